The summed E-state index contributed by atoms with van der Waals surface area (Å²) in [7, 11) is 198. The largest absolute Gasteiger partial charge is 0.493 e. The van der Waals surface area contributed by atoms with Gasteiger partial charge in [0, 0.05) is 440 Å². The van der Waals surface area contributed by atoms with Crippen LogP contribution >= 0.6 is 0 Å². The maximum absolute atomic E-state index is 13.9. The van der Waals surface area contributed by atoms with Gasteiger partial charge in [-0.3, -0.25) is 4.90 Å². The van der Waals surface area contributed by atoms with E-state index in [9.17, 15) is 4.39 Å². The Hall–Kier alpha value is -0.324. The van der Waals surface area contributed by atoms with E-state index in [4.69, 9.17) is 242 Å². The smallest absolute Gasteiger partial charge is 0.161 e. The van der Waals surface area contributed by atoms with Crippen LogP contribution in [0.25, 0.3) is 10.9 Å². The number of rotatable bonds is 32. The molecule has 2 unspecified atom stereocenters. The number of aromatic amines is 1. The molecule has 63 heteroatoms. The number of ether oxygens (including phenoxy) is 2. The molecule has 4 aromatic carbocycles. The van der Waals surface area contributed by atoms with Crippen molar-refractivity contribution in [2.75, 3.05) is 13.7 Å². The fourth-order valence-corrected chi connectivity index (χ4v) is 16.4. The lowest BCUT2D eigenvalue weighted by atomic mass is 8.23. The van der Waals surface area contributed by atoms with Crippen molar-refractivity contribution in [2.24, 2.45) is 0 Å². The third-order valence-corrected chi connectivity index (χ3v) is 20.4. The van der Waals surface area contributed by atoms with Crippen molar-refractivity contribution in [1.29, 1.82) is 0 Å². The van der Waals surface area contributed by atoms with Crippen LogP contribution in [0.15, 0.2) is 84.9 Å². The van der Waals surface area contributed by atoms with Gasteiger partial charge in [0.2, 0.25) is 0 Å². The van der Waals surface area contributed by atoms with Gasteiger partial charge >= 0.3 is 0 Å². The molecule has 1 aromatic heterocycles. The number of para-hydroxylation sites is 1. The summed E-state index contributed by atoms with van der Waals surface area (Å²) in [6.45, 7) is 3.49. The lowest BCUT2D eigenvalue weighted by Gasteiger charge is -2.58. The van der Waals surface area contributed by atoms with Crippen molar-refractivity contribution >= 4 is 422 Å². The van der Waals surface area contributed by atoms with Crippen molar-refractivity contribution in [3.05, 3.63) is 130 Å². The number of halogens is 1. The molecule has 5 aromatic rings. The van der Waals surface area contributed by atoms with Gasteiger partial charge in [-0.15, -0.1) is 0 Å². The molecule has 0 fully saturated rings. The Labute approximate surface area is 633 Å². The van der Waals surface area contributed by atoms with E-state index in [1.807, 2.05) is 12.1 Å². The molecule has 1 N–H and O–H groups in total. The second-order valence-corrected chi connectivity index (χ2v) is 26.9. The summed E-state index contributed by atoms with van der Waals surface area (Å²) >= 11 is 0. The van der Waals surface area contributed by atoms with Crippen LogP contribution in [0.1, 0.15) is 51.2 Å². The number of aryl methyl sites for hydroxylation is 1. The molecule has 0 bridgehead atoms. The van der Waals surface area contributed by atoms with Crippen LogP contribution < -0.4 is 9.47 Å². The topological polar surface area (TPSA) is 37.5 Å². The maximum Gasteiger partial charge on any atom is 0.161 e. The van der Waals surface area contributed by atoms with Gasteiger partial charge in [-0.2, -0.15) is 0 Å². The number of methoxy groups -OCH3 is 1. The molecule has 4 nitrogen and oxygen atoms in total. The van der Waals surface area contributed by atoms with E-state index in [-0.39, 0.29) is 17.9 Å². The Morgan fingerprint density at radius 3 is 1.18 bits per heavy atom. The van der Waals surface area contributed by atoms with Crippen molar-refractivity contribution < 1.29 is 13.9 Å². The molecule has 370 valence electrons. The van der Waals surface area contributed by atoms with Gasteiger partial charge in [0.05, 0.1) is 13.2 Å². The summed E-state index contributed by atoms with van der Waals surface area (Å²) in [5, 5.41) is 1.26. The lowest BCUT2D eigenvalue weighted by Crippen LogP contribution is -2.96. The van der Waals surface area contributed by atoms with Crippen molar-refractivity contribution in [1.82, 2.24) is 9.88 Å². The fourth-order valence-electron chi connectivity index (χ4n) is 16.4. The van der Waals surface area contributed by atoms with Gasteiger partial charge in [-0.05, 0) is 77.9 Å². The SMILES string of the molecule is COc1cc2c(cc1OCc1ccc(C)cc1)CCN1C2Cc2c([nH]c3ccccc23)C1c1ccc(F)cc1.[B]B([B])B(B([B])[B])B(B([B])[B])B(B(B(B([B])[B])B([B])[B])B(B([B])[B])B([B])[B])B(B(B(B([B])[B])B([B])[B])B(B([B])[B])B([B])[B])B(B(B([B])[B])B([B])[B])B(B([B])[B])B([B])[B]. The Morgan fingerprint density at radius 2 is 0.794 bits per heavy atom. The zero-order valence-corrected chi connectivity index (χ0v) is 55.7. The minimum absolute atomic E-state index is 0.0170. The molecule has 2 aliphatic heterocycles. The van der Waals surface area contributed by atoms with E-state index in [2.05, 4.69) is 77.5 Å². The number of benzene rings is 4. The van der Waals surface area contributed by atoms with E-state index in [0.29, 0.717) is 6.61 Å². The number of nitrogens with zero attached hydrogens (tertiary/aromatic N) is 1. The normalized spacial score (nSPS) is 13.2. The van der Waals surface area contributed by atoms with Crippen LogP contribution in [-0.4, -0.2) is 434 Å². The van der Waals surface area contributed by atoms with E-state index < -0.39 is 179 Å². The van der Waals surface area contributed by atoms with Gasteiger partial charge in [0.15, 0.2) is 11.5 Å². The second kappa shape index (κ2) is 38.3. The highest BCUT2D eigenvalue weighted by Gasteiger charge is 2.62. The van der Waals surface area contributed by atoms with E-state index in [1.54, 1.807) is 19.2 Å². The molecule has 0 amide bonds. The molecule has 0 aliphatic carbocycles. The van der Waals surface area contributed by atoms with Gasteiger partial charge in [0.1, 0.15) is 12.4 Å². The summed E-state index contributed by atoms with van der Waals surface area (Å²) in [5.41, 5.74) is 9.75. The van der Waals surface area contributed by atoms with E-state index in [0.717, 1.165) is 47.5 Å². The molecule has 0 saturated carbocycles. The molecule has 0 spiro atoms. The maximum atomic E-state index is 13.9. The fraction of sp³-hybridized carbons (Fsp3) is 0.235. The zero-order chi connectivity index (χ0) is 72.7. The summed E-state index contributed by atoms with van der Waals surface area (Å²) in [4.78, 5) is 6.29. The van der Waals surface area contributed by atoms with E-state index >= 15 is 0 Å². The van der Waals surface area contributed by atoms with Crippen molar-refractivity contribution in [3.8, 4) is 11.5 Å². The molecular weight excluding hydrogens is 1110 g/mol. The average molecular weight is 1150 g/mol. The number of nitrogens with one attached hydrogen (secondary N) is 1. The quantitative estimate of drug-likeness (QED) is 0.0436. The highest BCUT2D eigenvalue weighted by Crippen LogP contribution is 2.50. The molecule has 97 heavy (non-hydrogen) atoms. The van der Waals surface area contributed by atoms with Crippen LogP contribution in [0.4, 0.5) is 4.39 Å². The molecule has 60 radical (unpaired) electrons. The third-order valence-electron chi connectivity index (χ3n) is 20.4. The van der Waals surface area contributed by atoms with Crippen LogP contribution in [0.3, 0.4) is 0 Å². The highest BCUT2D eigenvalue weighted by molar-refractivity contribution is 8.37. The average Bonchev–Trinajstić information content (AvgIpc) is 1.59. The second-order valence-electron chi connectivity index (χ2n) is 26.9. The van der Waals surface area contributed by atoms with Crippen LogP contribution in [0.2, 0.25) is 0 Å². The Kier molecular flexibility index (Phi) is 33.8. The summed E-state index contributed by atoms with van der Waals surface area (Å²) in [6, 6.07) is 28.5. The van der Waals surface area contributed by atoms with Gasteiger partial charge in [-0.1, -0.05) is 60.2 Å². The van der Waals surface area contributed by atoms with Crippen molar-refractivity contribution in [3.63, 3.8) is 0 Å². The van der Waals surface area contributed by atoms with Crippen LogP contribution in [0.5, 0.6) is 11.5 Å². The Morgan fingerprint density at radius 1 is 0.433 bits per heavy atom. The van der Waals surface area contributed by atoms with Gasteiger partial charge in [-0.25, -0.2) is 4.39 Å². The monoisotopic (exact) mass is 1160 g/mol. The predicted octanol–water partition coefficient (Wildman–Crippen LogP) is -14.6. The predicted molar refractivity (Wildman–Crippen MR) is 486 cm³/mol. The van der Waals surface area contributed by atoms with E-state index in [1.165, 1.54) is 33.3 Å². The molecule has 2 aliphatic rings. The zero-order valence-electron chi connectivity index (χ0n) is 55.7. The Bertz CT molecular complexity index is 3040. The Balaban J connectivity index is 0.000000326. The van der Waals surface area contributed by atoms with Crippen LogP contribution in [-0.2, 0) is 19.4 Å². The van der Waals surface area contributed by atoms with Crippen LogP contribution in [0, 0.1) is 12.7 Å². The first-order chi connectivity index (χ1) is 45.4. The van der Waals surface area contributed by atoms with Gasteiger partial charge in [0.25, 0.3) is 0 Å². The molecule has 7 rings (SSSR count). The number of H-pyrrole nitrogens is 1. The molecule has 3 heterocycles. The molecular formula is C34H31B58FN2O2. The van der Waals surface area contributed by atoms with Gasteiger partial charge < -0.3 is 14.5 Å². The highest BCUT2D eigenvalue weighted by atomic mass is 19.1. The standard InChI is InChI=1S/C34H31FN2O2.B58/c1-21-7-9-22(10-8-21)20-39-32-17-24-15-16-37-30(27(24)19-31(32)38-2)18-28-26-5-3-4-6-29(26)36-33(28)34(37)23-11-13-25(35)14-12-23;1-31(2)46(32(3)4)53(45(29)30)57(54(47(33(5)6)34(7)8)48(35(9)10)36(11)12)58(55(49(37(13)14)38(15)16)50(39(17)18)40(19)20)56(51(41(21)22)42(23)24)52(43(25)26)44(27)28/h3-14,17,19,30,34,36H,15-16,18,20H2,1-2H3;. The number of aromatic nitrogens is 1. The first kappa shape index (κ1) is 85.6. The summed E-state index contributed by atoms with van der Waals surface area (Å²) in [5.74, 6) is 1.32. The number of hydrogen-bond acceptors (Lipinski definition) is 3. The first-order valence-corrected chi connectivity index (χ1v) is 32.6. The number of hydrogen-bond donors (Lipinski definition) is 1. The minimum Gasteiger partial charge on any atom is -0.493 e. The minimum atomic E-state index is -1.53. The molecule has 2 atom stereocenters. The summed E-state index contributed by atoms with van der Waals surface area (Å²) < 4.78 is 26.0. The lowest BCUT2D eigenvalue weighted by molar-refractivity contribution is 0.127. The number of fused-ring (bicyclic) bond motifs is 6. The van der Waals surface area contributed by atoms with Crippen molar-refractivity contribution in [2.45, 2.75) is 38.5 Å². The summed E-state index contributed by atoms with van der Waals surface area (Å²) in [6.07, 6.45) is -37.5. The third kappa shape index (κ3) is 20.4. The molecule has 0 saturated heterocycles. The first-order valence-electron chi connectivity index (χ1n) is 32.6.